The lowest BCUT2D eigenvalue weighted by Crippen LogP contribution is -2.22. The highest BCUT2D eigenvalue weighted by atomic mass is 16.6. The zero-order valence-corrected chi connectivity index (χ0v) is 11.5. The Hall–Kier alpha value is -3.22. The van der Waals surface area contributed by atoms with E-state index < -0.39 is 22.3 Å². The maximum Gasteiger partial charge on any atom is 0.262 e. The molecule has 0 aliphatic carbocycles. The number of aryl methyl sites for hydroxylation is 1. The Kier molecular flexibility index (Phi) is 4.17. The molecule has 22 heavy (non-hydrogen) atoms. The third-order valence-corrected chi connectivity index (χ3v) is 3.00. The summed E-state index contributed by atoms with van der Waals surface area (Å²) in [5.74, 6) is -2.01. The second-order valence-corrected chi connectivity index (χ2v) is 4.50. The van der Waals surface area contributed by atoms with E-state index in [4.69, 9.17) is 0 Å². The maximum absolute atomic E-state index is 11.8. The van der Waals surface area contributed by atoms with Gasteiger partial charge in [0.1, 0.15) is 0 Å². The summed E-state index contributed by atoms with van der Waals surface area (Å²) in [6, 6.07) is 8.14. The van der Waals surface area contributed by atoms with Crippen molar-refractivity contribution in [1.82, 2.24) is 0 Å². The first-order chi connectivity index (χ1) is 10.4. The largest absolute Gasteiger partial charge is 0.867 e. The van der Waals surface area contributed by atoms with Crippen molar-refractivity contribution in [2.75, 3.05) is 0 Å². The van der Waals surface area contributed by atoms with Crippen molar-refractivity contribution in [3.05, 3.63) is 63.2 Å². The number of nitrogens with zero attached hydrogens (tertiary/aromatic N) is 2. The zero-order chi connectivity index (χ0) is 16.3. The van der Waals surface area contributed by atoms with E-state index in [1.165, 1.54) is 36.5 Å². The number of aromatic carboxylic acids is 1. The van der Waals surface area contributed by atoms with Gasteiger partial charge in [0.2, 0.25) is 0 Å². The zero-order valence-electron chi connectivity index (χ0n) is 11.5. The smallest absolute Gasteiger partial charge is 0.262 e. The first-order valence-electron chi connectivity index (χ1n) is 6.20. The van der Waals surface area contributed by atoms with E-state index in [9.17, 15) is 25.1 Å². The summed E-state index contributed by atoms with van der Waals surface area (Å²) >= 11 is 0. The van der Waals surface area contributed by atoms with Crippen LogP contribution in [0, 0.1) is 17.0 Å². The predicted molar refractivity (Wildman–Crippen MR) is 75.3 cm³/mol. The highest BCUT2D eigenvalue weighted by Gasteiger charge is 2.08. The number of rotatable bonds is 4. The number of nitro benzene ring substituents is 1. The van der Waals surface area contributed by atoms with Crippen LogP contribution in [0.2, 0.25) is 0 Å². The van der Waals surface area contributed by atoms with Crippen molar-refractivity contribution in [3.8, 4) is 5.75 Å². The summed E-state index contributed by atoms with van der Waals surface area (Å²) in [6.45, 7) is 1.66. The Morgan fingerprint density at radius 1 is 1.27 bits per heavy atom. The van der Waals surface area contributed by atoms with Crippen molar-refractivity contribution < 1.29 is 19.9 Å². The average Bonchev–Trinajstić information content (AvgIpc) is 2.46. The van der Waals surface area contributed by atoms with Crippen LogP contribution in [-0.4, -0.2) is 17.1 Å². The van der Waals surface area contributed by atoms with Crippen molar-refractivity contribution in [3.63, 3.8) is 0 Å². The summed E-state index contributed by atoms with van der Waals surface area (Å²) in [6.07, 6.45) is 1.22. The van der Waals surface area contributed by atoms with Crippen LogP contribution in [0.4, 0.5) is 11.4 Å². The minimum Gasteiger partial charge on any atom is -0.867 e. The number of hydrogen-bond donors (Lipinski definition) is 0. The third kappa shape index (κ3) is 3.09. The summed E-state index contributed by atoms with van der Waals surface area (Å²) < 4.78 is 0. The van der Waals surface area contributed by atoms with Crippen LogP contribution in [-0.2, 0) is 0 Å². The van der Waals surface area contributed by atoms with Gasteiger partial charge in [0.15, 0.2) is 0 Å². The SMILES string of the molecule is Cc1cc(C(=O)[O-])ccc1N=Cc1cccc([N+](=O)[O-])c1[O-]. The van der Waals surface area contributed by atoms with E-state index in [0.717, 1.165) is 6.07 Å². The molecule has 0 aromatic heterocycles. The van der Waals surface area contributed by atoms with Crippen LogP contribution in [0.15, 0.2) is 41.4 Å². The molecule has 0 spiro atoms. The van der Waals surface area contributed by atoms with Gasteiger partial charge >= 0.3 is 0 Å². The lowest BCUT2D eigenvalue weighted by atomic mass is 10.1. The number of aliphatic imine (C=N–C) groups is 1. The van der Waals surface area contributed by atoms with Crippen LogP contribution in [0.25, 0.3) is 0 Å². The van der Waals surface area contributed by atoms with E-state index >= 15 is 0 Å². The number of carbonyl (C=O) groups excluding carboxylic acids is 1. The molecule has 2 aromatic rings. The maximum atomic E-state index is 11.8. The van der Waals surface area contributed by atoms with Crippen LogP contribution >= 0.6 is 0 Å². The molecule has 0 aliphatic heterocycles. The van der Waals surface area contributed by atoms with Gasteiger partial charge in [-0.2, -0.15) is 0 Å². The molecule has 0 amide bonds. The number of carbonyl (C=O) groups is 1. The summed E-state index contributed by atoms with van der Waals surface area (Å²) in [5.41, 5.74) is 0.619. The highest BCUT2D eigenvalue weighted by molar-refractivity contribution is 5.89. The average molecular weight is 298 g/mol. The number of benzene rings is 2. The Morgan fingerprint density at radius 3 is 2.59 bits per heavy atom. The standard InChI is InChI=1S/C15H12N2O5/c1-9-7-10(15(19)20)5-6-12(9)16-8-11-3-2-4-13(14(11)18)17(21)22/h2-8,18H,1H3,(H,19,20)/p-2. The van der Waals surface area contributed by atoms with Crippen molar-refractivity contribution in [2.45, 2.75) is 6.92 Å². The Balaban J connectivity index is 2.35. The second-order valence-electron chi connectivity index (χ2n) is 4.50. The molecule has 0 radical (unpaired) electrons. The lowest BCUT2D eigenvalue weighted by Gasteiger charge is -2.10. The first-order valence-corrected chi connectivity index (χ1v) is 6.20. The quantitative estimate of drug-likeness (QED) is 0.475. The molecule has 7 nitrogen and oxygen atoms in total. The molecule has 0 bridgehead atoms. The molecular weight excluding hydrogens is 288 g/mol. The Bertz CT molecular complexity index is 783. The minimum absolute atomic E-state index is 0.0244. The third-order valence-electron chi connectivity index (χ3n) is 3.00. The number of hydrogen-bond acceptors (Lipinski definition) is 6. The summed E-state index contributed by atoms with van der Waals surface area (Å²) in [7, 11) is 0. The molecule has 0 saturated carbocycles. The lowest BCUT2D eigenvalue weighted by molar-refractivity contribution is -0.398. The minimum atomic E-state index is -1.29. The molecule has 2 aromatic carbocycles. The molecule has 7 heteroatoms. The van der Waals surface area contributed by atoms with Gasteiger partial charge in [0, 0.05) is 12.3 Å². The molecule has 2 rings (SSSR count). The van der Waals surface area contributed by atoms with E-state index in [2.05, 4.69) is 4.99 Å². The van der Waals surface area contributed by atoms with Crippen LogP contribution in [0.1, 0.15) is 21.5 Å². The van der Waals surface area contributed by atoms with Gasteiger partial charge in [-0.3, -0.25) is 15.1 Å². The molecular formula is C15H10N2O5-2. The molecule has 0 saturated heterocycles. The molecule has 0 atom stereocenters. The van der Waals surface area contributed by atoms with Gasteiger partial charge in [-0.05, 0) is 41.5 Å². The van der Waals surface area contributed by atoms with Gasteiger partial charge in [-0.15, -0.1) is 0 Å². The number of nitro groups is 1. The topological polar surface area (TPSA) is 119 Å². The van der Waals surface area contributed by atoms with Crippen LogP contribution < -0.4 is 10.2 Å². The van der Waals surface area contributed by atoms with Crippen molar-refractivity contribution in [1.29, 1.82) is 0 Å². The Labute approximate surface area is 125 Å². The molecule has 0 fully saturated rings. The van der Waals surface area contributed by atoms with Crippen molar-refractivity contribution in [2.24, 2.45) is 4.99 Å². The van der Waals surface area contributed by atoms with Crippen LogP contribution in [0.5, 0.6) is 5.75 Å². The van der Waals surface area contributed by atoms with E-state index in [1.54, 1.807) is 6.92 Å². The monoisotopic (exact) mass is 298 g/mol. The number of para-hydroxylation sites is 1. The molecule has 0 N–H and O–H groups in total. The van der Waals surface area contributed by atoms with E-state index in [0.29, 0.717) is 11.3 Å². The Morgan fingerprint density at radius 2 is 2.00 bits per heavy atom. The molecule has 0 unspecified atom stereocenters. The van der Waals surface area contributed by atoms with Crippen molar-refractivity contribution >= 4 is 23.6 Å². The molecule has 112 valence electrons. The number of carboxylic acid groups (broad SMARTS) is 1. The van der Waals surface area contributed by atoms with Gasteiger partial charge in [0.25, 0.3) is 5.69 Å². The number of carboxylic acids is 1. The van der Waals surface area contributed by atoms with Gasteiger partial charge in [0.05, 0.1) is 16.6 Å². The second kappa shape index (κ2) is 6.04. The fourth-order valence-electron chi connectivity index (χ4n) is 1.85. The predicted octanol–water partition coefficient (Wildman–Crippen LogP) is 1.09. The normalized spacial score (nSPS) is 10.8. The van der Waals surface area contributed by atoms with Gasteiger partial charge in [-0.1, -0.05) is 18.2 Å². The van der Waals surface area contributed by atoms with E-state index in [1.807, 2.05) is 0 Å². The first kappa shape index (κ1) is 15.2. The summed E-state index contributed by atoms with van der Waals surface area (Å²) in [4.78, 5) is 24.8. The molecule has 0 aliphatic rings. The fraction of sp³-hybridized carbons (Fsp3) is 0.0667. The molecule has 0 heterocycles. The fourth-order valence-corrected chi connectivity index (χ4v) is 1.85. The summed E-state index contributed by atoms with van der Waals surface area (Å²) in [5, 5.41) is 33.3. The highest BCUT2D eigenvalue weighted by Crippen LogP contribution is 2.26. The van der Waals surface area contributed by atoms with E-state index in [-0.39, 0.29) is 11.1 Å². The van der Waals surface area contributed by atoms with Crippen LogP contribution in [0.3, 0.4) is 0 Å². The van der Waals surface area contributed by atoms with Gasteiger partial charge < -0.3 is 15.0 Å². The van der Waals surface area contributed by atoms with Gasteiger partial charge in [-0.25, -0.2) is 0 Å².